The monoisotopic (exact) mass is 636 g/mol. The van der Waals surface area contributed by atoms with Gasteiger partial charge in [-0.1, -0.05) is 33.1 Å². The molecular weight excluding hydrogens is 608 g/mol. The minimum absolute atomic E-state index is 0.123. The molecule has 192 valence electrons. The highest BCUT2D eigenvalue weighted by atomic mass is 79.9. The molecule has 2 saturated heterocycles. The molecule has 1 aromatic rings. The number of hydrogen-bond acceptors (Lipinski definition) is 3. The summed E-state index contributed by atoms with van der Waals surface area (Å²) in [5, 5.41) is 4.38. The van der Waals surface area contributed by atoms with Crippen LogP contribution in [0.25, 0.3) is 5.57 Å². The van der Waals surface area contributed by atoms with Gasteiger partial charge in [-0.05, 0) is 101 Å². The molecule has 1 aromatic carbocycles. The third-order valence-corrected chi connectivity index (χ3v) is 9.25. The first-order valence-electron chi connectivity index (χ1n) is 12.6. The summed E-state index contributed by atoms with van der Waals surface area (Å²) in [5.41, 5.74) is 12.0. The van der Waals surface area contributed by atoms with Gasteiger partial charge in [0.25, 0.3) is 0 Å². The van der Waals surface area contributed by atoms with E-state index < -0.39 is 0 Å². The zero-order valence-electron chi connectivity index (χ0n) is 20.2. The molecule has 9 heteroatoms. The Labute approximate surface area is 234 Å². The van der Waals surface area contributed by atoms with E-state index in [9.17, 15) is 9.59 Å². The fourth-order valence-electron chi connectivity index (χ4n) is 6.02. The average molecular weight is 639 g/mol. The van der Waals surface area contributed by atoms with Gasteiger partial charge in [0.05, 0.1) is 6.04 Å². The van der Waals surface area contributed by atoms with E-state index in [2.05, 4.69) is 49.3 Å². The maximum atomic E-state index is 13.1. The molecule has 3 heterocycles. The van der Waals surface area contributed by atoms with Gasteiger partial charge in [0, 0.05) is 52.8 Å². The number of rotatable bonds is 2. The Morgan fingerprint density at radius 2 is 1.75 bits per heavy atom. The van der Waals surface area contributed by atoms with Crippen LogP contribution in [0.15, 0.2) is 44.5 Å². The predicted molar refractivity (Wildman–Crippen MR) is 151 cm³/mol. The summed E-state index contributed by atoms with van der Waals surface area (Å²) in [7, 11) is 0. The van der Waals surface area contributed by atoms with E-state index in [0.717, 1.165) is 65.6 Å². The summed E-state index contributed by atoms with van der Waals surface area (Å²) in [6.45, 7) is 2.78. The first-order chi connectivity index (χ1) is 17.3. The quantitative estimate of drug-likeness (QED) is 0.434. The SMILES string of the molecule is NC(=O)N1CCC(CC(=O)N2CCC(=C3c4c(Br)cc(Cl)cc4CCC4=CC(Br)=CNC43)CC2)CC1. The summed E-state index contributed by atoms with van der Waals surface area (Å²) in [4.78, 5) is 28.2. The number of carbonyl (C=O) groups excluding carboxylic acids is 2. The Kier molecular flexibility index (Phi) is 7.84. The lowest BCUT2D eigenvalue weighted by molar-refractivity contribution is -0.132. The zero-order valence-corrected chi connectivity index (χ0v) is 24.1. The van der Waals surface area contributed by atoms with Crippen LogP contribution in [0.3, 0.4) is 0 Å². The van der Waals surface area contributed by atoms with Crippen molar-refractivity contribution in [1.82, 2.24) is 15.1 Å². The summed E-state index contributed by atoms with van der Waals surface area (Å²) < 4.78 is 2.09. The van der Waals surface area contributed by atoms with Gasteiger partial charge in [-0.25, -0.2) is 4.79 Å². The topological polar surface area (TPSA) is 78.7 Å². The molecule has 0 radical (unpaired) electrons. The first-order valence-corrected chi connectivity index (χ1v) is 14.6. The summed E-state index contributed by atoms with van der Waals surface area (Å²) in [6, 6.07) is 3.85. The number of hydrogen-bond donors (Lipinski definition) is 2. The van der Waals surface area contributed by atoms with E-state index >= 15 is 0 Å². The molecule has 6 nitrogen and oxygen atoms in total. The number of primary amides is 1. The molecule has 3 N–H and O–H groups in total. The molecule has 0 saturated carbocycles. The van der Waals surface area contributed by atoms with Gasteiger partial charge in [-0.3, -0.25) is 4.79 Å². The lowest BCUT2D eigenvalue weighted by atomic mass is 9.84. The molecule has 1 unspecified atom stereocenters. The van der Waals surface area contributed by atoms with E-state index in [1.165, 1.54) is 27.8 Å². The number of piperidine rings is 2. The number of halogens is 3. The highest BCUT2D eigenvalue weighted by Crippen LogP contribution is 2.43. The second-order valence-electron chi connectivity index (χ2n) is 10.1. The molecule has 36 heavy (non-hydrogen) atoms. The fraction of sp³-hybridized carbons (Fsp3) is 0.481. The lowest BCUT2D eigenvalue weighted by Gasteiger charge is -2.35. The molecule has 1 aliphatic carbocycles. The normalized spacial score (nSPS) is 22.7. The number of nitrogens with two attached hydrogens (primary N) is 1. The second-order valence-corrected chi connectivity index (χ2v) is 12.3. The van der Waals surface area contributed by atoms with Crippen molar-refractivity contribution in [2.24, 2.45) is 11.7 Å². The van der Waals surface area contributed by atoms with Crippen LogP contribution in [-0.4, -0.2) is 54.0 Å². The number of allylic oxidation sites excluding steroid dienone is 2. The number of aryl methyl sites for hydroxylation is 1. The van der Waals surface area contributed by atoms with Crippen molar-refractivity contribution in [2.45, 2.75) is 51.0 Å². The van der Waals surface area contributed by atoms with Gasteiger partial charge in [0.1, 0.15) is 0 Å². The molecule has 1 atom stereocenters. The lowest BCUT2D eigenvalue weighted by Crippen LogP contribution is -2.43. The second kappa shape index (κ2) is 10.9. The number of nitrogens with one attached hydrogen (secondary N) is 1. The van der Waals surface area contributed by atoms with Crippen molar-refractivity contribution in [2.75, 3.05) is 26.2 Å². The third kappa shape index (κ3) is 5.41. The number of dihydropyridines is 1. The van der Waals surface area contributed by atoms with Crippen LogP contribution in [0.5, 0.6) is 0 Å². The fourth-order valence-corrected chi connectivity index (χ4v) is 7.53. The molecular formula is C27H31Br2ClN4O2. The Morgan fingerprint density at radius 1 is 1.03 bits per heavy atom. The Hall–Kier alpha value is -1.77. The molecule has 0 bridgehead atoms. The summed E-state index contributed by atoms with van der Waals surface area (Å²) in [5.74, 6) is 0.556. The Morgan fingerprint density at radius 3 is 2.44 bits per heavy atom. The number of nitrogens with zero attached hydrogens (tertiary/aromatic N) is 2. The molecule has 0 aromatic heterocycles. The smallest absolute Gasteiger partial charge is 0.314 e. The van der Waals surface area contributed by atoms with E-state index in [1.807, 2.05) is 17.2 Å². The number of benzene rings is 1. The van der Waals surface area contributed by atoms with E-state index in [-0.39, 0.29) is 18.0 Å². The standard InChI is InChI=1S/C27H31Br2ClN4O2/c28-20-12-19-2-1-18-13-21(30)14-22(29)24(18)25(26(19)32-15-20)17-5-9-33(10-6-17)23(35)11-16-3-7-34(8-4-16)27(31)36/h12-16,26,32H,1-11H2,(H2,31,36). The Bertz CT molecular complexity index is 1160. The highest BCUT2D eigenvalue weighted by molar-refractivity contribution is 9.12. The number of carbonyl (C=O) groups is 2. The van der Waals surface area contributed by atoms with Crippen molar-refractivity contribution in [3.05, 3.63) is 60.7 Å². The number of urea groups is 1. The molecule has 4 aliphatic rings. The van der Waals surface area contributed by atoms with E-state index in [1.54, 1.807) is 4.90 Å². The van der Waals surface area contributed by atoms with Gasteiger partial charge in [0.15, 0.2) is 0 Å². The maximum Gasteiger partial charge on any atom is 0.314 e. The number of fused-ring (bicyclic) bond motifs is 2. The first kappa shape index (κ1) is 25.9. The van der Waals surface area contributed by atoms with Gasteiger partial charge in [-0.15, -0.1) is 0 Å². The number of likely N-dealkylation sites (tertiary alicyclic amines) is 2. The highest BCUT2D eigenvalue weighted by Gasteiger charge is 2.33. The molecule has 5 rings (SSSR count). The van der Waals surface area contributed by atoms with Crippen molar-refractivity contribution < 1.29 is 9.59 Å². The van der Waals surface area contributed by atoms with Gasteiger partial charge in [-0.2, -0.15) is 0 Å². The Balaban J connectivity index is 1.34. The minimum Gasteiger partial charge on any atom is -0.379 e. The van der Waals surface area contributed by atoms with Crippen LogP contribution in [0.2, 0.25) is 5.02 Å². The van der Waals surface area contributed by atoms with E-state index in [0.29, 0.717) is 25.4 Å². The maximum absolute atomic E-state index is 13.1. The molecule has 3 amide bonds. The zero-order chi connectivity index (χ0) is 25.4. The molecule has 0 spiro atoms. The van der Waals surface area contributed by atoms with E-state index in [4.69, 9.17) is 17.3 Å². The van der Waals surface area contributed by atoms with Crippen LogP contribution in [0.4, 0.5) is 4.79 Å². The van der Waals surface area contributed by atoms with Gasteiger partial charge >= 0.3 is 6.03 Å². The largest absolute Gasteiger partial charge is 0.379 e. The van der Waals surface area contributed by atoms with Gasteiger partial charge in [0.2, 0.25) is 5.91 Å². The van der Waals surface area contributed by atoms with Crippen LogP contribution in [0, 0.1) is 5.92 Å². The molecule has 3 aliphatic heterocycles. The average Bonchev–Trinajstić information content (AvgIpc) is 3.01. The van der Waals surface area contributed by atoms with Crippen molar-refractivity contribution in [3.63, 3.8) is 0 Å². The van der Waals surface area contributed by atoms with Crippen LogP contribution in [-0.2, 0) is 11.2 Å². The van der Waals surface area contributed by atoms with Crippen LogP contribution < -0.4 is 11.1 Å². The summed E-state index contributed by atoms with van der Waals surface area (Å²) >= 11 is 13.9. The van der Waals surface area contributed by atoms with Crippen molar-refractivity contribution in [3.8, 4) is 0 Å². The van der Waals surface area contributed by atoms with Crippen molar-refractivity contribution in [1.29, 1.82) is 0 Å². The molecule has 2 fully saturated rings. The third-order valence-electron chi connectivity index (χ3n) is 7.95. The minimum atomic E-state index is -0.362. The van der Waals surface area contributed by atoms with Gasteiger partial charge < -0.3 is 20.9 Å². The van der Waals surface area contributed by atoms with Crippen LogP contribution >= 0.6 is 43.5 Å². The van der Waals surface area contributed by atoms with Crippen molar-refractivity contribution >= 4 is 61.0 Å². The van der Waals surface area contributed by atoms with Crippen LogP contribution in [0.1, 0.15) is 49.7 Å². The summed E-state index contributed by atoms with van der Waals surface area (Å²) in [6.07, 6.45) is 10.2. The predicted octanol–water partition coefficient (Wildman–Crippen LogP) is 5.74. The number of amides is 3.